The van der Waals surface area contributed by atoms with E-state index in [0.717, 1.165) is 51.4 Å². The van der Waals surface area contributed by atoms with Gasteiger partial charge in [0.15, 0.2) is 0 Å². The molecule has 3 aliphatic rings. The third-order valence-electron chi connectivity index (χ3n) is 6.73. The Labute approximate surface area is 162 Å². The first-order valence-electron chi connectivity index (χ1n) is 10.4. The number of nitrogens with one attached hydrogen (secondary N) is 1. The number of hydrogen-bond donors (Lipinski definition) is 1. The minimum Gasteiger partial charge on any atom is -0.342 e. The molecule has 27 heavy (non-hydrogen) atoms. The Morgan fingerprint density at radius 1 is 1.19 bits per heavy atom. The summed E-state index contributed by atoms with van der Waals surface area (Å²) in [5.74, 6) is 1.09. The van der Waals surface area contributed by atoms with E-state index in [9.17, 15) is 9.59 Å². The summed E-state index contributed by atoms with van der Waals surface area (Å²) in [6.45, 7) is 6.11. The topological polar surface area (TPSA) is 52.7 Å². The Morgan fingerprint density at radius 3 is 2.63 bits per heavy atom. The molecule has 146 valence electrons. The van der Waals surface area contributed by atoms with E-state index in [4.69, 9.17) is 0 Å². The fourth-order valence-corrected chi connectivity index (χ4v) is 4.56. The van der Waals surface area contributed by atoms with Crippen molar-refractivity contribution < 1.29 is 9.59 Å². The summed E-state index contributed by atoms with van der Waals surface area (Å²) in [5, 5.41) is 3.07. The molecule has 5 heteroatoms. The van der Waals surface area contributed by atoms with Gasteiger partial charge in [0, 0.05) is 39.1 Å². The number of carbonyl (C=O) groups is 2. The van der Waals surface area contributed by atoms with Crippen LogP contribution in [0.5, 0.6) is 0 Å². The van der Waals surface area contributed by atoms with Crippen LogP contribution in [0.25, 0.3) is 0 Å². The van der Waals surface area contributed by atoms with Gasteiger partial charge in [-0.25, -0.2) is 4.79 Å². The van der Waals surface area contributed by atoms with Gasteiger partial charge in [-0.1, -0.05) is 24.3 Å². The van der Waals surface area contributed by atoms with E-state index in [1.54, 1.807) is 0 Å². The highest BCUT2D eigenvalue weighted by Crippen LogP contribution is 2.41. The van der Waals surface area contributed by atoms with Crippen molar-refractivity contribution in [3.8, 4) is 0 Å². The van der Waals surface area contributed by atoms with Crippen molar-refractivity contribution in [1.82, 2.24) is 15.1 Å². The minimum atomic E-state index is 0.0369. The Bertz CT molecular complexity index is 705. The van der Waals surface area contributed by atoms with Crippen LogP contribution >= 0.6 is 0 Å². The van der Waals surface area contributed by atoms with Crippen molar-refractivity contribution in [3.63, 3.8) is 0 Å². The van der Waals surface area contributed by atoms with Crippen LogP contribution in [0.15, 0.2) is 24.3 Å². The number of benzene rings is 1. The molecule has 3 amide bonds. The van der Waals surface area contributed by atoms with E-state index in [2.05, 4.69) is 29.3 Å². The summed E-state index contributed by atoms with van der Waals surface area (Å²) in [7, 11) is 0. The fourth-order valence-electron chi connectivity index (χ4n) is 4.56. The Kier molecular flexibility index (Phi) is 5.11. The third-order valence-corrected chi connectivity index (χ3v) is 6.73. The Hall–Kier alpha value is -2.04. The molecule has 1 aromatic carbocycles. The largest absolute Gasteiger partial charge is 0.342 e. The van der Waals surface area contributed by atoms with E-state index in [1.165, 1.54) is 24.0 Å². The average Bonchev–Trinajstić information content (AvgIpc) is 3.49. The average molecular weight is 370 g/mol. The first kappa shape index (κ1) is 18.3. The van der Waals surface area contributed by atoms with Crippen molar-refractivity contribution in [1.29, 1.82) is 0 Å². The number of likely N-dealkylation sites (tertiary alicyclic amines) is 2. The summed E-state index contributed by atoms with van der Waals surface area (Å²) >= 11 is 0. The number of carbonyl (C=O) groups excluding carboxylic acids is 2. The number of rotatable bonds is 4. The Balaban J connectivity index is 1.28. The monoisotopic (exact) mass is 369 g/mol. The Morgan fingerprint density at radius 2 is 1.93 bits per heavy atom. The van der Waals surface area contributed by atoms with Gasteiger partial charge >= 0.3 is 6.03 Å². The maximum absolute atomic E-state index is 12.6. The number of hydrogen-bond acceptors (Lipinski definition) is 2. The summed E-state index contributed by atoms with van der Waals surface area (Å²) < 4.78 is 0. The zero-order chi connectivity index (χ0) is 18.9. The molecule has 0 atom stereocenters. The predicted molar refractivity (Wildman–Crippen MR) is 105 cm³/mol. The SMILES string of the molecule is Cc1ccccc1CNC(=O)N1CCC2(CCC(=O)N(CC3CC3)C2)CC1. The normalized spacial score (nSPS) is 22.2. The highest BCUT2D eigenvalue weighted by molar-refractivity contribution is 5.77. The van der Waals surface area contributed by atoms with Crippen LogP contribution in [0.4, 0.5) is 4.79 Å². The number of nitrogens with zero attached hydrogens (tertiary/aromatic N) is 2. The summed E-state index contributed by atoms with van der Waals surface area (Å²) in [4.78, 5) is 28.9. The molecule has 1 saturated carbocycles. The molecular weight excluding hydrogens is 338 g/mol. The lowest BCUT2D eigenvalue weighted by atomic mass is 9.72. The molecule has 2 saturated heterocycles. The molecule has 2 heterocycles. The smallest absolute Gasteiger partial charge is 0.317 e. The zero-order valence-corrected chi connectivity index (χ0v) is 16.4. The van der Waals surface area contributed by atoms with Crippen molar-refractivity contribution >= 4 is 11.9 Å². The fraction of sp³-hybridized carbons (Fsp3) is 0.636. The van der Waals surface area contributed by atoms with Crippen LogP contribution in [0.1, 0.15) is 49.7 Å². The second-order valence-corrected chi connectivity index (χ2v) is 8.79. The molecule has 1 N–H and O–H groups in total. The van der Waals surface area contributed by atoms with Crippen LogP contribution < -0.4 is 5.32 Å². The van der Waals surface area contributed by atoms with Crippen molar-refractivity contribution in [2.45, 2.75) is 52.0 Å². The highest BCUT2D eigenvalue weighted by atomic mass is 16.2. The van der Waals surface area contributed by atoms with E-state index >= 15 is 0 Å². The van der Waals surface area contributed by atoms with Gasteiger partial charge in [-0.15, -0.1) is 0 Å². The lowest BCUT2D eigenvalue weighted by Crippen LogP contribution is -2.53. The summed E-state index contributed by atoms with van der Waals surface area (Å²) in [6, 6.07) is 8.20. The standard InChI is InChI=1S/C22H31N3O2/c1-17-4-2-3-5-19(17)14-23-21(27)24-12-10-22(11-13-24)9-8-20(26)25(16-22)15-18-6-7-18/h2-5,18H,6-16H2,1H3,(H,23,27). The first-order valence-corrected chi connectivity index (χ1v) is 10.4. The van der Waals surface area contributed by atoms with Crippen LogP contribution in [0.3, 0.4) is 0 Å². The van der Waals surface area contributed by atoms with E-state index in [0.29, 0.717) is 18.9 Å². The van der Waals surface area contributed by atoms with Crippen molar-refractivity contribution in [2.75, 3.05) is 26.2 Å². The minimum absolute atomic E-state index is 0.0369. The molecule has 0 radical (unpaired) electrons. The molecule has 1 spiro atoms. The highest BCUT2D eigenvalue weighted by Gasteiger charge is 2.42. The van der Waals surface area contributed by atoms with Gasteiger partial charge < -0.3 is 15.1 Å². The van der Waals surface area contributed by atoms with Crippen LogP contribution in [-0.2, 0) is 11.3 Å². The van der Waals surface area contributed by atoms with Crippen LogP contribution in [-0.4, -0.2) is 47.9 Å². The maximum atomic E-state index is 12.6. The van der Waals surface area contributed by atoms with Gasteiger partial charge in [-0.2, -0.15) is 0 Å². The molecular formula is C22H31N3O2. The third kappa shape index (κ3) is 4.28. The van der Waals surface area contributed by atoms with Gasteiger partial charge in [-0.3, -0.25) is 4.79 Å². The number of amides is 3. The number of urea groups is 1. The molecule has 0 unspecified atom stereocenters. The lowest BCUT2D eigenvalue weighted by molar-refractivity contribution is -0.139. The molecule has 5 nitrogen and oxygen atoms in total. The summed E-state index contributed by atoms with van der Waals surface area (Å²) in [6.07, 6.45) is 6.27. The molecule has 3 fully saturated rings. The summed E-state index contributed by atoms with van der Waals surface area (Å²) in [5.41, 5.74) is 2.61. The van der Waals surface area contributed by atoms with Gasteiger partial charge in [0.25, 0.3) is 0 Å². The van der Waals surface area contributed by atoms with Crippen LogP contribution in [0.2, 0.25) is 0 Å². The zero-order valence-electron chi connectivity index (χ0n) is 16.4. The lowest BCUT2D eigenvalue weighted by Gasteiger charge is -2.47. The van der Waals surface area contributed by atoms with E-state index in [-0.39, 0.29) is 11.4 Å². The van der Waals surface area contributed by atoms with Gasteiger partial charge in [-0.05, 0) is 61.5 Å². The van der Waals surface area contributed by atoms with E-state index < -0.39 is 0 Å². The number of piperidine rings is 2. The van der Waals surface area contributed by atoms with Gasteiger partial charge in [0.2, 0.25) is 5.91 Å². The molecule has 4 rings (SSSR count). The second-order valence-electron chi connectivity index (χ2n) is 8.79. The quantitative estimate of drug-likeness (QED) is 0.885. The van der Waals surface area contributed by atoms with Gasteiger partial charge in [0.05, 0.1) is 0 Å². The van der Waals surface area contributed by atoms with Crippen molar-refractivity contribution in [2.24, 2.45) is 11.3 Å². The molecule has 0 bridgehead atoms. The molecule has 1 aliphatic carbocycles. The number of aryl methyl sites for hydroxylation is 1. The molecule has 1 aromatic rings. The first-order chi connectivity index (χ1) is 13.0. The van der Waals surface area contributed by atoms with E-state index in [1.807, 2.05) is 17.0 Å². The predicted octanol–water partition coefficient (Wildman–Crippen LogP) is 3.32. The second kappa shape index (κ2) is 7.53. The molecule has 0 aromatic heterocycles. The van der Waals surface area contributed by atoms with Crippen molar-refractivity contribution in [3.05, 3.63) is 35.4 Å². The van der Waals surface area contributed by atoms with Gasteiger partial charge in [0.1, 0.15) is 0 Å². The maximum Gasteiger partial charge on any atom is 0.317 e. The molecule has 2 aliphatic heterocycles. The van der Waals surface area contributed by atoms with Crippen LogP contribution in [0, 0.1) is 18.3 Å².